The number of nitrogens with two attached hydrogens (primary N) is 1. The molecule has 1 heterocycles. The highest BCUT2D eigenvalue weighted by Crippen LogP contribution is 2.33. The number of hydrogen-bond donors (Lipinski definition) is 1. The highest BCUT2D eigenvalue weighted by molar-refractivity contribution is 6.36. The van der Waals surface area contributed by atoms with Crippen molar-refractivity contribution in [3.63, 3.8) is 0 Å². The Balaban J connectivity index is 2.00. The van der Waals surface area contributed by atoms with E-state index >= 15 is 0 Å². The molecule has 1 aromatic heterocycles. The van der Waals surface area contributed by atoms with Gasteiger partial charge in [-0.3, -0.25) is 0 Å². The molecule has 2 N–H and O–H groups in total. The van der Waals surface area contributed by atoms with Gasteiger partial charge in [-0.2, -0.15) is 13.2 Å². The van der Waals surface area contributed by atoms with Crippen LogP contribution in [0.4, 0.5) is 17.6 Å². The second-order valence-corrected chi connectivity index (χ2v) is 6.69. The van der Waals surface area contributed by atoms with Crippen molar-refractivity contribution in [2.24, 2.45) is 5.73 Å². The Hall–Kier alpha value is -2.09. The van der Waals surface area contributed by atoms with Crippen molar-refractivity contribution >= 4 is 23.2 Å². The summed E-state index contributed by atoms with van der Waals surface area (Å²) in [6, 6.07) is 7.29. The minimum Gasteiger partial charge on any atom is -0.328 e. The van der Waals surface area contributed by atoms with Crippen LogP contribution >= 0.6 is 23.2 Å². The SMILES string of the molecule is NCc1c(-c2ccc(Cl)cc2Cl)ncn1Cc1cc(F)cc(C(F)(F)F)c1. The number of nitrogens with zero attached hydrogens (tertiary/aromatic N) is 2. The van der Waals surface area contributed by atoms with Gasteiger partial charge in [0.25, 0.3) is 0 Å². The second kappa shape index (κ2) is 7.50. The van der Waals surface area contributed by atoms with Gasteiger partial charge in [-0.05, 0) is 42.0 Å². The molecule has 0 aliphatic carbocycles. The molecule has 0 saturated heterocycles. The lowest BCUT2D eigenvalue weighted by Crippen LogP contribution is -2.11. The molecule has 0 aliphatic rings. The number of benzene rings is 2. The second-order valence-electron chi connectivity index (χ2n) is 5.84. The molecule has 2 aromatic carbocycles. The number of halogens is 6. The lowest BCUT2D eigenvalue weighted by Gasteiger charge is -2.12. The van der Waals surface area contributed by atoms with E-state index in [1.54, 1.807) is 22.8 Å². The maximum Gasteiger partial charge on any atom is 0.416 e. The average molecular weight is 418 g/mol. The number of aromatic nitrogens is 2. The van der Waals surface area contributed by atoms with Crippen molar-refractivity contribution in [1.29, 1.82) is 0 Å². The van der Waals surface area contributed by atoms with Crippen LogP contribution in [0.5, 0.6) is 0 Å². The van der Waals surface area contributed by atoms with E-state index in [0.717, 1.165) is 12.1 Å². The summed E-state index contributed by atoms with van der Waals surface area (Å²) in [6.45, 7) is 0.0430. The van der Waals surface area contributed by atoms with Gasteiger partial charge in [0, 0.05) is 23.7 Å². The third-order valence-electron chi connectivity index (χ3n) is 3.96. The number of alkyl halides is 3. The van der Waals surface area contributed by atoms with E-state index in [2.05, 4.69) is 4.98 Å². The monoisotopic (exact) mass is 417 g/mol. The van der Waals surface area contributed by atoms with Crippen LogP contribution in [0.15, 0.2) is 42.7 Å². The van der Waals surface area contributed by atoms with Crippen LogP contribution in [0, 0.1) is 5.82 Å². The van der Waals surface area contributed by atoms with Crippen LogP contribution in [0.3, 0.4) is 0 Å². The summed E-state index contributed by atoms with van der Waals surface area (Å²) in [7, 11) is 0. The van der Waals surface area contributed by atoms with E-state index in [1.807, 2.05) is 0 Å². The van der Waals surface area contributed by atoms with Gasteiger partial charge < -0.3 is 10.3 Å². The van der Waals surface area contributed by atoms with Crippen molar-refractivity contribution in [1.82, 2.24) is 9.55 Å². The Bertz CT molecular complexity index is 983. The standard InChI is InChI=1S/C18H13Cl2F4N3/c19-12-1-2-14(15(20)6-12)17-16(7-25)27(9-26-17)8-10-3-11(18(22,23)24)5-13(21)4-10/h1-6,9H,7-8,25H2. The van der Waals surface area contributed by atoms with Gasteiger partial charge in [-0.15, -0.1) is 0 Å². The number of imidazole rings is 1. The zero-order chi connectivity index (χ0) is 19.8. The molecule has 0 bridgehead atoms. The van der Waals surface area contributed by atoms with Crippen LogP contribution in [0.1, 0.15) is 16.8 Å². The fourth-order valence-corrected chi connectivity index (χ4v) is 3.26. The van der Waals surface area contributed by atoms with E-state index in [4.69, 9.17) is 28.9 Å². The maximum atomic E-state index is 13.6. The molecule has 0 spiro atoms. The zero-order valence-corrected chi connectivity index (χ0v) is 15.2. The quantitative estimate of drug-likeness (QED) is 0.567. The molecule has 9 heteroatoms. The minimum absolute atomic E-state index is 0.0222. The highest BCUT2D eigenvalue weighted by atomic mass is 35.5. The molecule has 0 radical (unpaired) electrons. The van der Waals surface area contributed by atoms with Crippen molar-refractivity contribution in [3.05, 3.63) is 75.4 Å². The van der Waals surface area contributed by atoms with Gasteiger partial charge in [-0.25, -0.2) is 9.37 Å². The van der Waals surface area contributed by atoms with Crippen molar-refractivity contribution in [2.45, 2.75) is 19.3 Å². The molecular formula is C18H13Cl2F4N3. The summed E-state index contributed by atoms with van der Waals surface area (Å²) in [6.07, 6.45) is -3.20. The molecule has 0 atom stereocenters. The predicted octanol–water partition coefficient (Wildman–Crippen LogP) is 5.52. The van der Waals surface area contributed by atoms with Crippen molar-refractivity contribution < 1.29 is 17.6 Å². The first-order valence-electron chi connectivity index (χ1n) is 7.75. The smallest absolute Gasteiger partial charge is 0.328 e. The van der Waals surface area contributed by atoms with Gasteiger partial charge >= 0.3 is 6.18 Å². The van der Waals surface area contributed by atoms with Gasteiger partial charge in [0.05, 0.1) is 28.3 Å². The summed E-state index contributed by atoms with van der Waals surface area (Å²) < 4.78 is 53.9. The minimum atomic E-state index is -4.63. The van der Waals surface area contributed by atoms with Crippen molar-refractivity contribution in [2.75, 3.05) is 0 Å². The molecular weight excluding hydrogens is 405 g/mol. The van der Waals surface area contributed by atoms with Crippen LogP contribution < -0.4 is 5.73 Å². The molecule has 0 amide bonds. The van der Waals surface area contributed by atoms with E-state index in [0.29, 0.717) is 33.1 Å². The Morgan fingerprint density at radius 1 is 1.07 bits per heavy atom. The molecule has 3 aromatic rings. The fraction of sp³-hybridized carbons (Fsp3) is 0.167. The lowest BCUT2D eigenvalue weighted by atomic mass is 10.1. The Labute approximate surface area is 162 Å². The number of hydrogen-bond acceptors (Lipinski definition) is 2. The van der Waals surface area contributed by atoms with Gasteiger partial charge in [-0.1, -0.05) is 23.2 Å². The fourth-order valence-electron chi connectivity index (χ4n) is 2.77. The third-order valence-corrected chi connectivity index (χ3v) is 4.51. The van der Waals surface area contributed by atoms with E-state index in [-0.39, 0.29) is 18.7 Å². The molecule has 0 fully saturated rings. The third kappa shape index (κ3) is 4.26. The van der Waals surface area contributed by atoms with Gasteiger partial charge in [0.1, 0.15) is 5.82 Å². The van der Waals surface area contributed by atoms with E-state index in [9.17, 15) is 17.6 Å². The average Bonchev–Trinajstić information content (AvgIpc) is 2.95. The Kier molecular flexibility index (Phi) is 5.46. The summed E-state index contributed by atoms with van der Waals surface area (Å²) in [4.78, 5) is 4.28. The summed E-state index contributed by atoms with van der Waals surface area (Å²) in [5.41, 5.74) is 6.54. The normalized spacial score (nSPS) is 11.8. The van der Waals surface area contributed by atoms with Gasteiger partial charge in [0.15, 0.2) is 0 Å². The molecule has 0 saturated carbocycles. The van der Waals surface area contributed by atoms with Crippen LogP contribution in [0.2, 0.25) is 10.0 Å². The molecule has 142 valence electrons. The molecule has 3 nitrogen and oxygen atoms in total. The van der Waals surface area contributed by atoms with Crippen LogP contribution in [-0.2, 0) is 19.3 Å². The van der Waals surface area contributed by atoms with Crippen LogP contribution in [0.25, 0.3) is 11.3 Å². The van der Waals surface area contributed by atoms with E-state index in [1.165, 1.54) is 6.33 Å². The molecule has 0 unspecified atom stereocenters. The maximum absolute atomic E-state index is 13.6. The Morgan fingerprint density at radius 2 is 1.81 bits per heavy atom. The topological polar surface area (TPSA) is 43.8 Å². The molecule has 27 heavy (non-hydrogen) atoms. The molecule has 0 aliphatic heterocycles. The summed E-state index contributed by atoms with van der Waals surface area (Å²) in [5.74, 6) is -0.963. The van der Waals surface area contributed by atoms with Crippen molar-refractivity contribution in [3.8, 4) is 11.3 Å². The highest BCUT2D eigenvalue weighted by Gasteiger charge is 2.31. The van der Waals surface area contributed by atoms with Gasteiger partial charge in [0.2, 0.25) is 0 Å². The first-order valence-corrected chi connectivity index (χ1v) is 8.51. The predicted molar refractivity (Wildman–Crippen MR) is 96.1 cm³/mol. The Morgan fingerprint density at radius 3 is 2.44 bits per heavy atom. The first-order chi connectivity index (χ1) is 12.7. The first kappa shape index (κ1) is 19.7. The summed E-state index contributed by atoms with van der Waals surface area (Å²) in [5, 5.41) is 0.824. The number of rotatable bonds is 4. The zero-order valence-electron chi connectivity index (χ0n) is 13.7. The van der Waals surface area contributed by atoms with E-state index < -0.39 is 17.6 Å². The van der Waals surface area contributed by atoms with Crippen LogP contribution in [-0.4, -0.2) is 9.55 Å². The summed E-state index contributed by atoms with van der Waals surface area (Å²) >= 11 is 12.1. The molecule has 3 rings (SSSR count). The largest absolute Gasteiger partial charge is 0.416 e. The lowest BCUT2D eigenvalue weighted by molar-refractivity contribution is -0.137.